The molecule has 15 heavy (non-hydrogen) atoms. The molecule has 0 saturated carbocycles. The molecule has 1 aliphatic rings. The first-order valence-electron chi connectivity index (χ1n) is 5.74. The Kier molecular flexibility index (Phi) is 5.65. The summed E-state index contributed by atoms with van der Waals surface area (Å²) in [5.41, 5.74) is 0. The van der Waals surface area contributed by atoms with Crippen molar-refractivity contribution < 1.29 is 14.6 Å². The monoisotopic (exact) mass is 215 g/mol. The zero-order valence-corrected chi connectivity index (χ0v) is 9.45. The number of hydrogen-bond acceptors (Lipinski definition) is 3. The Morgan fingerprint density at radius 3 is 2.67 bits per heavy atom. The van der Waals surface area contributed by atoms with Crippen LogP contribution in [-0.4, -0.2) is 48.8 Å². The molecule has 1 aliphatic heterocycles. The van der Waals surface area contributed by atoms with Crippen molar-refractivity contribution in [3.63, 3.8) is 0 Å². The Morgan fingerprint density at radius 2 is 2.13 bits per heavy atom. The number of nitrogens with zero attached hydrogens (tertiary/aromatic N) is 1. The van der Waals surface area contributed by atoms with Gasteiger partial charge >= 0.3 is 5.97 Å². The standard InChI is InChI=1S/C11H21NO3/c1-2-12(6-3-11(13)14)9-10-4-7-15-8-5-10/h10H,2-9H2,1H3,(H,13,14). The number of rotatable bonds is 6. The molecule has 0 radical (unpaired) electrons. The normalized spacial score (nSPS) is 18.3. The van der Waals surface area contributed by atoms with E-state index < -0.39 is 5.97 Å². The van der Waals surface area contributed by atoms with Gasteiger partial charge in [0.2, 0.25) is 0 Å². The van der Waals surface area contributed by atoms with E-state index in [1.807, 2.05) is 0 Å². The molecule has 0 spiro atoms. The SMILES string of the molecule is CCN(CCC(=O)O)CC1CCOCC1. The average Bonchev–Trinajstić information content (AvgIpc) is 2.25. The van der Waals surface area contributed by atoms with Gasteiger partial charge in [-0.3, -0.25) is 4.79 Å². The molecule has 1 rings (SSSR count). The highest BCUT2D eigenvalue weighted by Gasteiger charge is 2.17. The van der Waals surface area contributed by atoms with Crippen molar-refractivity contribution in [2.24, 2.45) is 5.92 Å². The van der Waals surface area contributed by atoms with Crippen LogP contribution in [0.2, 0.25) is 0 Å². The first-order valence-corrected chi connectivity index (χ1v) is 5.74. The summed E-state index contributed by atoms with van der Waals surface area (Å²) < 4.78 is 5.30. The van der Waals surface area contributed by atoms with Gasteiger partial charge in [0.05, 0.1) is 6.42 Å². The Labute approximate surface area is 91.2 Å². The molecule has 0 aromatic rings. The summed E-state index contributed by atoms with van der Waals surface area (Å²) in [6.45, 7) is 6.43. The third-order valence-electron chi connectivity index (χ3n) is 2.95. The summed E-state index contributed by atoms with van der Waals surface area (Å²) in [4.78, 5) is 12.7. The molecule has 0 aliphatic carbocycles. The van der Waals surface area contributed by atoms with Gasteiger partial charge < -0.3 is 14.7 Å². The molecule has 1 fully saturated rings. The van der Waals surface area contributed by atoms with E-state index in [4.69, 9.17) is 9.84 Å². The van der Waals surface area contributed by atoms with Crippen LogP contribution in [0.25, 0.3) is 0 Å². The third kappa shape index (κ3) is 5.14. The Balaban J connectivity index is 2.22. The van der Waals surface area contributed by atoms with Gasteiger partial charge in [-0.1, -0.05) is 6.92 Å². The van der Waals surface area contributed by atoms with Crippen LogP contribution in [0.1, 0.15) is 26.2 Å². The van der Waals surface area contributed by atoms with Gasteiger partial charge in [0.15, 0.2) is 0 Å². The van der Waals surface area contributed by atoms with Crippen molar-refractivity contribution in [1.29, 1.82) is 0 Å². The number of aliphatic carboxylic acids is 1. The van der Waals surface area contributed by atoms with Crippen LogP contribution in [0.4, 0.5) is 0 Å². The second kappa shape index (κ2) is 6.80. The van der Waals surface area contributed by atoms with E-state index in [1.165, 1.54) is 0 Å². The molecule has 0 atom stereocenters. The van der Waals surface area contributed by atoms with Gasteiger partial charge in [0, 0.05) is 26.3 Å². The van der Waals surface area contributed by atoms with Crippen molar-refractivity contribution >= 4 is 5.97 Å². The Morgan fingerprint density at radius 1 is 1.47 bits per heavy atom. The summed E-state index contributed by atoms with van der Waals surface area (Å²) in [6, 6.07) is 0. The lowest BCUT2D eigenvalue weighted by Crippen LogP contribution is -2.33. The van der Waals surface area contributed by atoms with E-state index in [0.29, 0.717) is 12.5 Å². The summed E-state index contributed by atoms with van der Waals surface area (Å²) in [5, 5.41) is 8.62. The van der Waals surface area contributed by atoms with E-state index in [2.05, 4.69) is 11.8 Å². The molecule has 88 valence electrons. The lowest BCUT2D eigenvalue weighted by molar-refractivity contribution is -0.137. The zero-order valence-electron chi connectivity index (χ0n) is 9.45. The molecule has 0 aromatic heterocycles. The number of ether oxygens (including phenoxy) is 1. The highest BCUT2D eigenvalue weighted by atomic mass is 16.5. The molecule has 0 bridgehead atoms. The zero-order chi connectivity index (χ0) is 11.1. The fourth-order valence-corrected chi connectivity index (χ4v) is 1.93. The molecule has 0 aromatic carbocycles. The Hall–Kier alpha value is -0.610. The molecule has 4 heteroatoms. The van der Waals surface area contributed by atoms with Crippen LogP contribution in [-0.2, 0) is 9.53 Å². The smallest absolute Gasteiger partial charge is 0.304 e. The van der Waals surface area contributed by atoms with E-state index >= 15 is 0 Å². The van der Waals surface area contributed by atoms with Gasteiger partial charge in [-0.15, -0.1) is 0 Å². The number of carboxylic acid groups (broad SMARTS) is 1. The maximum absolute atomic E-state index is 10.5. The minimum Gasteiger partial charge on any atom is -0.481 e. The van der Waals surface area contributed by atoms with Gasteiger partial charge in [-0.2, -0.15) is 0 Å². The van der Waals surface area contributed by atoms with Crippen molar-refractivity contribution in [2.45, 2.75) is 26.2 Å². The molecule has 0 amide bonds. The third-order valence-corrected chi connectivity index (χ3v) is 2.95. The maximum Gasteiger partial charge on any atom is 0.304 e. The van der Waals surface area contributed by atoms with Crippen LogP contribution in [0, 0.1) is 5.92 Å². The van der Waals surface area contributed by atoms with Crippen LogP contribution in [0.5, 0.6) is 0 Å². The van der Waals surface area contributed by atoms with Crippen LogP contribution in [0.3, 0.4) is 0 Å². The van der Waals surface area contributed by atoms with Crippen molar-refractivity contribution in [1.82, 2.24) is 4.90 Å². The highest BCUT2D eigenvalue weighted by Crippen LogP contribution is 2.16. The lowest BCUT2D eigenvalue weighted by atomic mass is 9.99. The van der Waals surface area contributed by atoms with Crippen molar-refractivity contribution in [2.75, 3.05) is 32.8 Å². The van der Waals surface area contributed by atoms with Crippen LogP contribution < -0.4 is 0 Å². The maximum atomic E-state index is 10.5. The molecular weight excluding hydrogens is 194 g/mol. The van der Waals surface area contributed by atoms with Crippen LogP contribution >= 0.6 is 0 Å². The molecule has 1 N–H and O–H groups in total. The first kappa shape index (κ1) is 12.5. The van der Waals surface area contributed by atoms with E-state index in [1.54, 1.807) is 0 Å². The minimum absolute atomic E-state index is 0.247. The van der Waals surface area contributed by atoms with Crippen molar-refractivity contribution in [3.05, 3.63) is 0 Å². The minimum atomic E-state index is -0.708. The molecule has 4 nitrogen and oxygen atoms in total. The van der Waals surface area contributed by atoms with Crippen LogP contribution in [0.15, 0.2) is 0 Å². The molecular formula is C11H21NO3. The van der Waals surface area contributed by atoms with E-state index in [0.717, 1.165) is 39.1 Å². The quantitative estimate of drug-likeness (QED) is 0.723. The van der Waals surface area contributed by atoms with Crippen molar-refractivity contribution in [3.8, 4) is 0 Å². The fraction of sp³-hybridized carbons (Fsp3) is 0.909. The van der Waals surface area contributed by atoms with Gasteiger partial charge in [0.1, 0.15) is 0 Å². The predicted molar refractivity (Wildman–Crippen MR) is 57.9 cm³/mol. The summed E-state index contributed by atoms with van der Waals surface area (Å²) in [7, 11) is 0. The fourth-order valence-electron chi connectivity index (χ4n) is 1.93. The average molecular weight is 215 g/mol. The lowest BCUT2D eigenvalue weighted by Gasteiger charge is -2.28. The molecule has 1 heterocycles. The van der Waals surface area contributed by atoms with Gasteiger partial charge in [-0.25, -0.2) is 0 Å². The largest absolute Gasteiger partial charge is 0.481 e. The van der Waals surface area contributed by atoms with E-state index in [9.17, 15) is 4.79 Å². The second-order valence-corrected chi connectivity index (χ2v) is 4.09. The summed E-state index contributed by atoms with van der Waals surface area (Å²) in [6.07, 6.45) is 2.48. The summed E-state index contributed by atoms with van der Waals surface area (Å²) >= 11 is 0. The number of carbonyl (C=O) groups is 1. The highest BCUT2D eigenvalue weighted by molar-refractivity contribution is 5.66. The van der Waals surface area contributed by atoms with Gasteiger partial charge in [-0.05, 0) is 25.3 Å². The Bertz CT molecular complexity index is 190. The number of hydrogen-bond donors (Lipinski definition) is 1. The number of carboxylic acids is 1. The topological polar surface area (TPSA) is 49.8 Å². The summed E-state index contributed by atoms with van der Waals surface area (Å²) in [5.74, 6) is -0.0204. The van der Waals surface area contributed by atoms with Gasteiger partial charge in [0.25, 0.3) is 0 Å². The second-order valence-electron chi connectivity index (χ2n) is 4.09. The molecule has 0 unspecified atom stereocenters. The molecule has 1 saturated heterocycles. The first-order chi connectivity index (χ1) is 7.22. The van der Waals surface area contributed by atoms with E-state index in [-0.39, 0.29) is 6.42 Å². The predicted octanol–water partition coefficient (Wildman–Crippen LogP) is 1.21.